The van der Waals surface area contributed by atoms with Gasteiger partial charge in [0.1, 0.15) is 22.8 Å². The Bertz CT molecular complexity index is 1070. The normalized spacial score (nSPS) is 11.0. The van der Waals surface area contributed by atoms with Gasteiger partial charge < -0.3 is 5.32 Å². The number of thiophene rings is 1. The fourth-order valence-corrected chi connectivity index (χ4v) is 3.92. The second-order valence-corrected chi connectivity index (χ2v) is 7.07. The predicted molar refractivity (Wildman–Crippen MR) is 105 cm³/mol. The number of hydrogen-bond donors (Lipinski definition) is 1. The van der Waals surface area contributed by atoms with Gasteiger partial charge in [-0.1, -0.05) is 23.8 Å². The minimum Gasteiger partial charge on any atom is -0.324 e. The topological polar surface area (TPSA) is 50.7 Å². The smallest absolute Gasteiger partial charge is 0.144 e. The second kappa shape index (κ2) is 6.26. The molecule has 0 unspecified atom stereocenters. The molecule has 0 amide bonds. The number of anilines is 2. The number of nitrogens with one attached hydrogen (secondary N) is 1. The average molecular weight is 346 g/mol. The van der Waals surface area contributed by atoms with Crippen molar-refractivity contribution in [2.45, 2.75) is 20.8 Å². The van der Waals surface area contributed by atoms with Crippen molar-refractivity contribution in [2.24, 2.45) is 0 Å². The SMILES string of the molecule is Cc1ccnc(Nc2ncnc3scc(-c4ccc(C)cc4C)c23)c1. The Morgan fingerprint density at radius 3 is 2.52 bits per heavy atom. The molecule has 0 radical (unpaired) electrons. The summed E-state index contributed by atoms with van der Waals surface area (Å²) in [4.78, 5) is 14.3. The number of rotatable bonds is 3. The largest absolute Gasteiger partial charge is 0.324 e. The quantitative estimate of drug-likeness (QED) is 0.538. The molecule has 124 valence electrons. The van der Waals surface area contributed by atoms with Crippen molar-refractivity contribution in [3.05, 3.63) is 64.9 Å². The highest BCUT2D eigenvalue weighted by atomic mass is 32.1. The van der Waals surface area contributed by atoms with Crippen molar-refractivity contribution >= 4 is 33.2 Å². The van der Waals surface area contributed by atoms with Crippen LogP contribution in [0.2, 0.25) is 0 Å². The molecule has 0 saturated heterocycles. The van der Waals surface area contributed by atoms with Gasteiger partial charge >= 0.3 is 0 Å². The van der Waals surface area contributed by atoms with E-state index in [1.165, 1.54) is 16.7 Å². The van der Waals surface area contributed by atoms with E-state index in [1.54, 1.807) is 23.9 Å². The maximum absolute atomic E-state index is 4.48. The lowest BCUT2D eigenvalue weighted by molar-refractivity contribution is 1.20. The molecule has 4 rings (SSSR count). The predicted octanol–water partition coefficient (Wildman–Crippen LogP) is 5.42. The number of aromatic nitrogens is 3. The van der Waals surface area contributed by atoms with Gasteiger partial charge in [-0.15, -0.1) is 11.3 Å². The molecular weight excluding hydrogens is 328 g/mol. The molecule has 1 aromatic carbocycles. The van der Waals surface area contributed by atoms with E-state index in [0.717, 1.165) is 33.0 Å². The lowest BCUT2D eigenvalue weighted by Gasteiger charge is -2.10. The molecule has 0 bridgehead atoms. The van der Waals surface area contributed by atoms with E-state index in [9.17, 15) is 0 Å². The second-order valence-electron chi connectivity index (χ2n) is 6.21. The van der Waals surface area contributed by atoms with Crippen LogP contribution in [-0.2, 0) is 0 Å². The van der Waals surface area contributed by atoms with Crippen LogP contribution in [0, 0.1) is 20.8 Å². The first kappa shape index (κ1) is 15.7. The van der Waals surface area contributed by atoms with E-state index in [2.05, 4.69) is 57.7 Å². The first-order chi connectivity index (χ1) is 12.1. The summed E-state index contributed by atoms with van der Waals surface area (Å²) < 4.78 is 0. The molecule has 4 nitrogen and oxygen atoms in total. The van der Waals surface area contributed by atoms with E-state index in [0.29, 0.717) is 0 Å². The van der Waals surface area contributed by atoms with Gasteiger partial charge in [0.25, 0.3) is 0 Å². The summed E-state index contributed by atoms with van der Waals surface area (Å²) in [5.41, 5.74) is 6.05. The summed E-state index contributed by atoms with van der Waals surface area (Å²) >= 11 is 1.64. The highest BCUT2D eigenvalue weighted by molar-refractivity contribution is 7.17. The van der Waals surface area contributed by atoms with Crippen LogP contribution < -0.4 is 5.32 Å². The van der Waals surface area contributed by atoms with E-state index < -0.39 is 0 Å². The third-order valence-electron chi connectivity index (χ3n) is 4.20. The molecule has 0 aliphatic carbocycles. The third-order valence-corrected chi connectivity index (χ3v) is 5.09. The Kier molecular flexibility index (Phi) is 3.93. The standard InChI is InChI=1S/C20H18N4S/c1-12-4-5-15(14(3)8-12)16-10-25-20-18(16)19(22-11-23-20)24-17-9-13(2)6-7-21-17/h4-11H,1-3H3,(H,21,22,23,24). The Labute approximate surface area is 150 Å². The van der Waals surface area contributed by atoms with E-state index in [-0.39, 0.29) is 0 Å². The fraction of sp³-hybridized carbons (Fsp3) is 0.150. The average Bonchev–Trinajstić information content (AvgIpc) is 3.00. The van der Waals surface area contributed by atoms with Crippen molar-refractivity contribution in [2.75, 3.05) is 5.32 Å². The first-order valence-corrected chi connectivity index (χ1v) is 8.99. The van der Waals surface area contributed by atoms with Crippen molar-refractivity contribution in [1.82, 2.24) is 15.0 Å². The molecule has 0 atom stereocenters. The van der Waals surface area contributed by atoms with Crippen molar-refractivity contribution in [3.63, 3.8) is 0 Å². The van der Waals surface area contributed by atoms with Gasteiger partial charge in [-0.05, 0) is 49.6 Å². The van der Waals surface area contributed by atoms with E-state index >= 15 is 0 Å². The van der Waals surface area contributed by atoms with Crippen LogP contribution in [0.15, 0.2) is 48.2 Å². The van der Waals surface area contributed by atoms with Crippen LogP contribution >= 0.6 is 11.3 Å². The van der Waals surface area contributed by atoms with Gasteiger partial charge in [0.2, 0.25) is 0 Å². The molecule has 3 aromatic heterocycles. The van der Waals surface area contributed by atoms with Crippen molar-refractivity contribution in [3.8, 4) is 11.1 Å². The molecule has 4 aromatic rings. The number of pyridine rings is 1. The Morgan fingerprint density at radius 1 is 0.880 bits per heavy atom. The maximum atomic E-state index is 4.48. The summed E-state index contributed by atoms with van der Waals surface area (Å²) in [6, 6.07) is 10.5. The molecule has 0 aliphatic heterocycles. The number of hydrogen-bond acceptors (Lipinski definition) is 5. The Balaban J connectivity index is 1.87. The zero-order valence-corrected chi connectivity index (χ0v) is 15.2. The van der Waals surface area contributed by atoms with E-state index in [4.69, 9.17) is 0 Å². The molecule has 0 fully saturated rings. The lowest BCUT2D eigenvalue weighted by Crippen LogP contribution is -1.98. The summed E-state index contributed by atoms with van der Waals surface area (Å²) in [6.45, 7) is 6.31. The molecule has 25 heavy (non-hydrogen) atoms. The number of aryl methyl sites for hydroxylation is 3. The van der Waals surface area contributed by atoms with Crippen LogP contribution in [0.1, 0.15) is 16.7 Å². The number of fused-ring (bicyclic) bond motifs is 1. The van der Waals surface area contributed by atoms with Gasteiger partial charge in [0, 0.05) is 17.1 Å². The van der Waals surface area contributed by atoms with Crippen LogP contribution in [0.3, 0.4) is 0 Å². The molecule has 5 heteroatoms. The molecule has 0 spiro atoms. The Morgan fingerprint density at radius 2 is 1.72 bits per heavy atom. The highest BCUT2D eigenvalue weighted by Crippen LogP contribution is 2.38. The van der Waals surface area contributed by atoms with Gasteiger partial charge in [0.05, 0.1) is 5.39 Å². The zero-order chi connectivity index (χ0) is 17.4. The van der Waals surface area contributed by atoms with Crippen LogP contribution in [0.4, 0.5) is 11.6 Å². The summed E-state index contributed by atoms with van der Waals surface area (Å²) in [6.07, 6.45) is 3.40. The minimum atomic E-state index is 0.790. The van der Waals surface area contributed by atoms with Gasteiger partial charge in [-0.3, -0.25) is 0 Å². The first-order valence-electron chi connectivity index (χ1n) is 8.11. The monoisotopic (exact) mass is 346 g/mol. The molecule has 0 saturated carbocycles. The fourth-order valence-electron chi connectivity index (χ4n) is 3.01. The minimum absolute atomic E-state index is 0.790. The molecular formula is C20H18N4S. The molecule has 0 aliphatic rings. The van der Waals surface area contributed by atoms with Gasteiger partial charge in [-0.2, -0.15) is 0 Å². The zero-order valence-electron chi connectivity index (χ0n) is 14.4. The van der Waals surface area contributed by atoms with Crippen LogP contribution in [0.25, 0.3) is 21.3 Å². The van der Waals surface area contributed by atoms with Gasteiger partial charge in [0.15, 0.2) is 0 Å². The van der Waals surface area contributed by atoms with Crippen molar-refractivity contribution in [1.29, 1.82) is 0 Å². The van der Waals surface area contributed by atoms with Gasteiger partial charge in [-0.25, -0.2) is 15.0 Å². The number of nitrogens with zero attached hydrogens (tertiary/aromatic N) is 3. The van der Waals surface area contributed by atoms with Crippen LogP contribution in [-0.4, -0.2) is 15.0 Å². The summed E-state index contributed by atoms with van der Waals surface area (Å²) in [7, 11) is 0. The summed E-state index contributed by atoms with van der Waals surface area (Å²) in [5.74, 6) is 1.58. The highest BCUT2D eigenvalue weighted by Gasteiger charge is 2.15. The lowest BCUT2D eigenvalue weighted by atomic mass is 9.99. The van der Waals surface area contributed by atoms with Crippen LogP contribution in [0.5, 0.6) is 0 Å². The maximum Gasteiger partial charge on any atom is 0.144 e. The Hall–Kier alpha value is -2.79. The molecule has 1 N–H and O–H groups in total. The number of benzene rings is 1. The summed E-state index contributed by atoms with van der Waals surface area (Å²) in [5, 5.41) is 6.56. The molecule has 3 heterocycles. The van der Waals surface area contributed by atoms with Crippen molar-refractivity contribution < 1.29 is 0 Å². The third kappa shape index (κ3) is 2.98. The van der Waals surface area contributed by atoms with E-state index in [1.807, 2.05) is 19.1 Å².